The van der Waals surface area contributed by atoms with Crippen LogP contribution in [0.4, 0.5) is 0 Å². The molecule has 0 aliphatic carbocycles. The van der Waals surface area contributed by atoms with Crippen molar-refractivity contribution >= 4 is 0 Å². The second kappa shape index (κ2) is 16.7. The Morgan fingerprint density at radius 1 is 0.690 bits per heavy atom. The molecule has 0 aliphatic heterocycles. The summed E-state index contributed by atoms with van der Waals surface area (Å²) in [5.74, 6) is 0. The second-order valence-corrected chi connectivity index (χ2v) is 8.28. The maximum Gasteiger partial charge on any atom is 1.00 e. The van der Waals surface area contributed by atoms with Crippen molar-refractivity contribution in [2.75, 3.05) is 61.4 Å². The Hall–Kier alpha value is -1.12. The summed E-state index contributed by atoms with van der Waals surface area (Å²) in [7, 11) is 11.1. The molecule has 29 heavy (non-hydrogen) atoms. The van der Waals surface area contributed by atoms with Gasteiger partial charge in [-0.1, -0.05) is 78.7 Å². The first-order chi connectivity index (χ1) is 13.4. The normalized spacial score (nSPS) is 11.8. The van der Waals surface area contributed by atoms with Gasteiger partial charge in [-0.25, -0.2) is 0 Å². The minimum Gasteiger partial charge on any atom is -0.652 e. The van der Waals surface area contributed by atoms with Crippen LogP contribution < -0.4 is 33.6 Å². The van der Waals surface area contributed by atoms with Crippen LogP contribution in [-0.2, 0) is 6.54 Å². The Labute approximate surface area is 191 Å². The van der Waals surface area contributed by atoms with E-state index >= 15 is 0 Å². The van der Waals surface area contributed by atoms with Gasteiger partial charge in [0.15, 0.2) is 0 Å². The third-order valence-corrected chi connectivity index (χ3v) is 4.78. The average molecular weight is 394 g/mol. The maximum absolute atomic E-state index is 4.66. The molecule has 2 aromatic rings. The summed E-state index contributed by atoms with van der Waals surface area (Å²) in [4.78, 5) is 4.75. The summed E-state index contributed by atoms with van der Waals surface area (Å²) in [6, 6.07) is 21.0. The molecule has 2 rings (SSSR count). The molecular weight excluding hydrogens is 351 g/mol. The Morgan fingerprint density at radius 2 is 1.14 bits per heavy atom. The maximum atomic E-state index is 4.66. The molecule has 2 aromatic carbocycles. The fourth-order valence-corrected chi connectivity index (χ4v) is 2.71. The van der Waals surface area contributed by atoms with Crippen LogP contribution in [0.25, 0.3) is 5.32 Å². The Balaban J connectivity index is 0.000000547. The van der Waals surface area contributed by atoms with E-state index in [-0.39, 0.29) is 24.9 Å². The van der Waals surface area contributed by atoms with Crippen LogP contribution in [0.1, 0.15) is 24.1 Å². The van der Waals surface area contributed by atoms with Gasteiger partial charge in [0, 0.05) is 0 Å². The average Bonchev–Trinajstić information content (AvgIpc) is 2.70. The topological polar surface area (TPSA) is 27.4 Å². The van der Waals surface area contributed by atoms with Crippen LogP contribution in [0.3, 0.4) is 0 Å². The van der Waals surface area contributed by atoms with Gasteiger partial charge in [-0.2, -0.15) is 0 Å². The molecule has 0 saturated heterocycles. The number of nitrogens with zero attached hydrogens (tertiary/aromatic N) is 1. The summed E-state index contributed by atoms with van der Waals surface area (Å²) in [6.45, 7) is 8.05. The van der Waals surface area contributed by atoms with Crippen LogP contribution in [0, 0.1) is 0 Å². The molecule has 0 aliphatic rings. The Bertz CT molecular complexity index is 593. The first-order valence-corrected chi connectivity index (χ1v) is 10.5. The molecular formula is C24H42LiN4+3. The van der Waals surface area contributed by atoms with E-state index in [0.29, 0.717) is 0 Å². The molecule has 0 bridgehead atoms. The molecule has 0 heterocycles. The van der Waals surface area contributed by atoms with Crippen LogP contribution in [0.2, 0.25) is 0 Å². The van der Waals surface area contributed by atoms with E-state index in [1.807, 2.05) is 12.1 Å². The van der Waals surface area contributed by atoms with E-state index < -0.39 is 0 Å². The number of quaternary nitrogens is 3. The number of nitrogens with one attached hydrogen (secondary N) is 3. The first-order valence-electron chi connectivity index (χ1n) is 10.5. The van der Waals surface area contributed by atoms with Crippen LogP contribution in [0.15, 0.2) is 60.7 Å². The van der Waals surface area contributed by atoms with Crippen molar-refractivity contribution in [1.29, 1.82) is 0 Å². The van der Waals surface area contributed by atoms with Gasteiger partial charge in [-0.3, -0.25) is 0 Å². The number of rotatable bonds is 10. The van der Waals surface area contributed by atoms with Gasteiger partial charge >= 0.3 is 18.9 Å². The molecule has 4 nitrogen and oxygen atoms in total. The molecule has 156 valence electrons. The minimum atomic E-state index is 0. The van der Waals surface area contributed by atoms with E-state index in [2.05, 4.69) is 96.0 Å². The minimum absolute atomic E-state index is 0. The smallest absolute Gasteiger partial charge is 0.652 e. The van der Waals surface area contributed by atoms with Crippen LogP contribution in [-0.4, -0.2) is 61.4 Å². The largest absolute Gasteiger partial charge is 1.00 e. The molecule has 0 radical (unpaired) electrons. The molecule has 0 spiro atoms. The summed E-state index contributed by atoms with van der Waals surface area (Å²) in [6.07, 6.45) is 0. The Kier molecular flexibility index (Phi) is 16.0. The van der Waals surface area contributed by atoms with Crippen LogP contribution >= 0.6 is 0 Å². The van der Waals surface area contributed by atoms with Crippen molar-refractivity contribution in [1.82, 2.24) is 0 Å². The van der Waals surface area contributed by atoms with Gasteiger partial charge in [0.05, 0.1) is 35.2 Å². The standard InChI is InChI=1S/C15H16N.C9H23N3.Li/c1-13(15-10-6-3-7-11-15)16-12-14-8-4-2-5-9-14;1-10(2)6-8-12(5)9-7-11(3)4;/h2-11,13H,12H2,1H3;6-9H2,1-5H3;/q-1;;+1/p+3/t13-;;/m1../s1. The fourth-order valence-electron chi connectivity index (χ4n) is 2.71. The Morgan fingerprint density at radius 3 is 1.59 bits per heavy atom. The van der Waals surface area contributed by atoms with Gasteiger partial charge in [0.2, 0.25) is 0 Å². The second-order valence-electron chi connectivity index (χ2n) is 8.28. The van der Waals surface area contributed by atoms with Gasteiger partial charge in [-0.05, 0) is 0 Å². The monoisotopic (exact) mass is 393 g/mol. The van der Waals surface area contributed by atoms with Gasteiger partial charge in [0.1, 0.15) is 26.2 Å². The van der Waals surface area contributed by atoms with E-state index in [1.165, 1.54) is 37.3 Å². The fraction of sp³-hybridized carbons (Fsp3) is 0.500. The summed E-state index contributed by atoms with van der Waals surface area (Å²) in [5.41, 5.74) is 2.55. The summed E-state index contributed by atoms with van der Waals surface area (Å²) in [5, 5.41) is 4.66. The third kappa shape index (κ3) is 14.5. The molecule has 0 aromatic heterocycles. The van der Waals surface area contributed by atoms with E-state index in [4.69, 9.17) is 0 Å². The summed E-state index contributed by atoms with van der Waals surface area (Å²) < 4.78 is 0. The number of benzene rings is 2. The number of hydrogen-bond acceptors (Lipinski definition) is 0. The molecule has 0 unspecified atom stereocenters. The first kappa shape index (κ1) is 27.9. The van der Waals surface area contributed by atoms with Gasteiger partial charge < -0.3 is 20.0 Å². The molecule has 1 atom stereocenters. The molecule has 0 saturated carbocycles. The zero-order valence-electron chi connectivity index (χ0n) is 19.8. The predicted octanol–water partition coefficient (Wildman–Crippen LogP) is -2.88. The van der Waals surface area contributed by atoms with Gasteiger partial charge in [-0.15, -0.1) is 12.6 Å². The van der Waals surface area contributed by atoms with Crippen molar-refractivity contribution in [2.24, 2.45) is 0 Å². The molecule has 3 N–H and O–H groups in total. The zero-order chi connectivity index (χ0) is 20.8. The van der Waals surface area contributed by atoms with Crippen LogP contribution in [0.5, 0.6) is 0 Å². The predicted molar refractivity (Wildman–Crippen MR) is 120 cm³/mol. The SMILES string of the molecule is C[C@@H]([N-]Cc1ccccc1)c1ccccc1.C[NH+](C)CC[NH+](C)CC[NH+](C)C.[Li+]. The van der Waals surface area contributed by atoms with E-state index in [1.54, 1.807) is 14.7 Å². The number of hydrogen-bond donors (Lipinski definition) is 3. The number of likely N-dealkylation sites (N-methyl/N-ethyl adjacent to an activating group) is 3. The molecule has 0 amide bonds. The van der Waals surface area contributed by atoms with Gasteiger partial charge in [0.25, 0.3) is 0 Å². The zero-order valence-corrected chi connectivity index (χ0v) is 19.8. The van der Waals surface area contributed by atoms with Crippen molar-refractivity contribution in [3.05, 3.63) is 77.1 Å². The van der Waals surface area contributed by atoms with E-state index in [0.717, 1.165) is 6.54 Å². The third-order valence-electron chi connectivity index (χ3n) is 4.78. The van der Waals surface area contributed by atoms with E-state index in [9.17, 15) is 0 Å². The molecule has 0 fully saturated rings. The van der Waals surface area contributed by atoms with Crippen molar-refractivity contribution in [2.45, 2.75) is 19.5 Å². The summed E-state index contributed by atoms with van der Waals surface area (Å²) >= 11 is 0. The van der Waals surface area contributed by atoms with Crippen molar-refractivity contribution in [3.8, 4) is 0 Å². The van der Waals surface area contributed by atoms with Crippen molar-refractivity contribution < 1.29 is 33.6 Å². The quantitative estimate of drug-likeness (QED) is 0.362. The van der Waals surface area contributed by atoms with Crippen molar-refractivity contribution in [3.63, 3.8) is 0 Å². The molecule has 5 heteroatoms.